The van der Waals surface area contributed by atoms with Crippen molar-refractivity contribution in [1.29, 1.82) is 0 Å². The Balaban J connectivity index is 2.21. The minimum Gasteiger partial charge on any atom is -0.364 e. The largest absolute Gasteiger partial charge is 0.364 e. The third-order valence-electron chi connectivity index (χ3n) is 3.06. The molecule has 3 aromatic rings. The fraction of sp³-hybridized carbons (Fsp3) is 0.0667. The second-order valence-electron chi connectivity index (χ2n) is 4.47. The molecule has 0 spiro atoms. The number of nitrogens with zero attached hydrogens (tertiary/aromatic N) is 2. The van der Waals surface area contributed by atoms with Crippen molar-refractivity contribution >= 4 is 17.2 Å². The van der Waals surface area contributed by atoms with Crippen molar-refractivity contribution in [3.05, 3.63) is 70.6 Å². The Kier molecular flexibility index (Phi) is 3.39. The Hall–Kier alpha value is -2.70. The molecule has 0 radical (unpaired) electrons. The zero-order valence-corrected chi connectivity index (χ0v) is 11.0. The van der Waals surface area contributed by atoms with Crippen LogP contribution >= 0.6 is 0 Å². The van der Waals surface area contributed by atoms with Crippen molar-refractivity contribution in [2.75, 3.05) is 5.32 Å². The highest BCUT2D eigenvalue weighted by atomic mass is 16.5. The highest BCUT2D eigenvalue weighted by Gasteiger charge is 2.18. The molecule has 6 heteroatoms. The average Bonchev–Trinajstić information content (AvgIpc) is 2.48. The van der Waals surface area contributed by atoms with E-state index in [-0.39, 0.29) is 11.4 Å². The fourth-order valence-electron chi connectivity index (χ4n) is 2.09. The number of hydrogen-bond acceptors (Lipinski definition) is 5. The Labute approximate surface area is 120 Å². The standard InChI is InChI=1S/C15H13N3O3/c19-14-12(15(20)21)13(16-10-6-2-1-3-7-10)17-11-8-4-5-9-18(11)14/h1-9,15-16,20-21H. The van der Waals surface area contributed by atoms with E-state index in [1.165, 1.54) is 10.6 Å². The summed E-state index contributed by atoms with van der Waals surface area (Å²) in [5, 5.41) is 21.9. The van der Waals surface area contributed by atoms with Crippen LogP contribution < -0.4 is 10.9 Å². The van der Waals surface area contributed by atoms with Crippen LogP contribution in [0.15, 0.2) is 59.5 Å². The smallest absolute Gasteiger partial charge is 0.268 e. The lowest BCUT2D eigenvalue weighted by Crippen LogP contribution is -2.24. The van der Waals surface area contributed by atoms with Crippen molar-refractivity contribution < 1.29 is 10.2 Å². The van der Waals surface area contributed by atoms with Gasteiger partial charge >= 0.3 is 0 Å². The van der Waals surface area contributed by atoms with Crippen LogP contribution in [0.3, 0.4) is 0 Å². The van der Waals surface area contributed by atoms with Crippen molar-refractivity contribution in [3.8, 4) is 0 Å². The van der Waals surface area contributed by atoms with Gasteiger partial charge in [-0.15, -0.1) is 0 Å². The van der Waals surface area contributed by atoms with Crippen LogP contribution in [0, 0.1) is 0 Å². The first-order chi connectivity index (χ1) is 10.2. The normalized spacial score (nSPS) is 11.0. The monoisotopic (exact) mass is 283 g/mol. The third kappa shape index (κ3) is 2.49. The fourth-order valence-corrected chi connectivity index (χ4v) is 2.09. The molecule has 0 amide bonds. The number of aliphatic hydroxyl groups is 2. The van der Waals surface area contributed by atoms with Crippen molar-refractivity contribution in [2.24, 2.45) is 0 Å². The predicted molar refractivity (Wildman–Crippen MR) is 78.4 cm³/mol. The van der Waals surface area contributed by atoms with Gasteiger partial charge in [0.2, 0.25) is 0 Å². The SMILES string of the molecule is O=c1c(C(O)O)c(Nc2ccccc2)nc2ccccn12. The van der Waals surface area contributed by atoms with Crippen LogP contribution in [0.4, 0.5) is 11.5 Å². The summed E-state index contributed by atoms with van der Waals surface area (Å²) >= 11 is 0. The summed E-state index contributed by atoms with van der Waals surface area (Å²) in [5.41, 5.74) is 0.411. The number of pyridine rings is 1. The summed E-state index contributed by atoms with van der Waals surface area (Å²) in [4.78, 5) is 16.6. The number of para-hydroxylation sites is 1. The molecule has 0 aliphatic heterocycles. The zero-order chi connectivity index (χ0) is 14.8. The third-order valence-corrected chi connectivity index (χ3v) is 3.06. The molecule has 6 nitrogen and oxygen atoms in total. The van der Waals surface area contributed by atoms with Gasteiger partial charge in [0, 0.05) is 11.9 Å². The number of aromatic nitrogens is 2. The molecule has 0 unspecified atom stereocenters. The van der Waals surface area contributed by atoms with Gasteiger partial charge in [0.25, 0.3) is 5.56 Å². The summed E-state index contributed by atoms with van der Waals surface area (Å²) in [6, 6.07) is 14.2. The number of rotatable bonds is 3. The van der Waals surface area contributed by atoms with Gasteiger partial charge in [-0.2, -0.15) is 0 Å². The maximum Gasteiger partial charge on any atom is 0.268 e. The van der Waals surface area contributed by atoms with E-state index < -0.39 is 11.8 Å². The van der Waals surface area contributed by atoms with E-state index in [4.69, 9.17) is 0 Å². The number of anilines is 2. The van der Waals surface area contributed by atoms with Gasteiger partial charge in [-0.05, 0) is 24.3 Å². The maximum atomic E-state index is 12.3. The lowest BCUT2D eigenvalue weighted by molar-refractivity contribution is -0.0432. The first-order valence-electron chi connectivity index (χ1n) is 6.36. The van der Waals surface area contributed by atoms with E-state index in [2.05, 4.69) is 10.3 Å². The molecule has 0 saturated heterocycles. The first-order valence-corrected chi connectivity index (χ1v) is 6.36. The lowest BCUT2D eigenvalue weighted by atomic mass is 10.2. The highest BCUT2D eigenvalue weighted by Crippen LogP contribution is 2.20. The summed E-state index contributed by atoms with van der Waals surface area (Å²) in [7, 11) is 0. The van der Waals surface area contributed by atoms with E-state index in [0.29, 0.717) is 11.3 Å². The molecule has 1 aromatic carbocycles. The summed E-state index contributed by atoms with van der Waals surface area (Å²) < 4.78 is 1.27. The molecule has 3 rings (SSSR count). The Bertz CT molecular complexity index is 828. The summed E-state index contributed by atoms with van der Waals surface area (Å²) in [5.74, 6) is 0.132. The first kappa shape index (κ1) is 13.3. The number of aliphatic hydroxyl groups excluding tert-OH is 1. The Morgan fingerprint density at radius 2 is 1.76 bits per heavy atom. The minimum atomic E-state index is -1.91. The van der Waals surface area contributed by atoms with Crippen LogP contribution in [-0.2, 0) is 0 Å². The van der Waals surface area contributed by atoms with Crippen LogP contribution in [0.5, 0.6) is 0 Å². The van der Waals surface area contributed by atoms with E-state index in [9.17, 15) is 15.0 Å². The molecule has 3 N–H and O–H groups in total. The van der Waals surface area contributed by atoms with Crippen LogP contribution in [-0.4, -0.2) is 19.6 Å². The number of nitrogens with one attached hydrogen (secondary N) is 1. The topological polar surface area (TPSA) is 86.9 Å². The van der Waals surface area contributed by atoms with Gasteiger partial charge in [-0.3, -0.25) is 9.20 Å². The Morgan fingerprint density at radius 3 is 2.48 bits per heavy atom. The van der Waals surface area contributed by atoms with Gasteiger partial charge in [0.15, 0.2) is 6.29 Å². The molecule has 2 aromatic heterocycles. The molecule has 21 heavy (non-hydrogen) atoms. The Morgan fingerprint density at radius 1 is 1.05 bits per heavy atom. The molecule has 0 aliphatic carbocycles. The van der Waals surface area contributed by atoms with E-state index >= 15 is 0 Å². The predicted octanol–water partition coefficient (Wildman–Crippen LogP) is 1.42. The van der Waals surface area contributed by atoms with Gasteiger partial charge < -0.3 is 15.5 Å². The number of fused-ring (bicyclic) bond motifs is 1. The molecule has 0 aliphatic rings. The van der Waals surface area contributed by atoms with Crippen LogP contribution in [0.2, 0.25) is 0 Å². The molecule has 0 fully saturated rings. The summed E-state index contributed by atoms with van der Waals surface area (Å²) in [6.07, 6.45) is -0.378. The number of benzene rings is 1. The summed E-state index contributed by atoms with van der Waals surface area (Å²) in [6.45, 7) is 0. The lowest BCUT2D eigenvalue weighted by Gasteiger charge is -2.13. The van der Waals surface area contributed by atoms with Gasteiger partial charge in [-0.1, -0.05) is 24.3 Å². The van der Waals surface area contributed by atoms with Gasteiger partial charge in [0.05, 0.1) is 0 Å². The van der Waals surface area contributed by atoms with E-state index in [1.807, 2.05) is 18.2 Å². The van der Waals surface area contributed by atoms with Crippen molar-refractivity contribution in [3.63, 3.8) is 0 Å². The molecular formula is C15H13N3O3. The zero-order valence-electron chi connectivity index (χ0n) is 11.0. The van der Waals surface area contributed by atoms with Crippen molar-refractivity contribution in [2.45, 2.75) is 6.29 Å². The maximum absolute atomic E-state index is 12.3. The molecular weight excluding hydrogens is 270 g/mol. The molecule has 106 valence electrons. The second-order valence-corrected chi connectivity index (χ2v) is 4.47. The highest BCUT2D eigenvalue weighted by molar-refractivity contribution is 5.61. The van der Waals surface area contributed by atoms with Crippen LogP contribution in [0.25, 0.3) is 5.65 Å². The van der Waals surface area contributed by atoms with Gasteiger partial charge in [0.1, 0.15) is 17.0 Å². The van der Waals surface area contributed by atoms with E-state index in [1.54, 1.807) is 30.3 Å². The quantitative estimate of drug-likeness (QED) is 0.633. The van der Waals surface area contributed by atoms with E-state index in [0.717, 1.165) is 0 Å². The minimum absolute atomic E-state index is 0.132. The molecule has 0 bridgehead atoms. The molecule has 0 atom stereocenters. The molecule has 2 heterocycles. The van der Waals surface area contributed by atoms with Gasteiger partial charge in [-0.25, -0.2) is 4.98 Å². The number of hydrogen-bond donors (Lipinski definition) is 3. The average molecular weight is 283 g/mol. The second kappa shape index (κ2) is 5.35. The van der Waals surface area contributed by atoms with Crippen molar-refractivity contribution in [1.82, 2.24) is 9.38 Å². The van der Waals surface area contributed by atoms with Crippen LogP contribution in [0.1, 0.15) is 11.9 Å². The molecule has 0 saturated carbocycles.